The molecule has 0 fully saturated rings. The standard InChI is InChI=1S/C11H18N2O2/c1-10(2,3)15-9(14)11(6-7-12)5-4-8-13-11/h4-5,8H,6-7,12H2,1-3H3. The molecule has 1 rings (SSSR count). The van der Waals surface area contributed by atoms with E-state index in [0.717, 1.165) is 0 Å². The van der Waals surface area contributed by atoms with Crippen molar-refractivity contribution in [2.24, 2.45) is 10.7 Å². The predicted octanol–water partition coefficient (Wildman–Crippen LogP) is 1.06. The smallest absolute Gasteiger partial charge is 0.338 e. The first-order chi connectivity index (χ1) is 6.90. The third-order valence-corrected chi connectivity index (χ3v) is 2.04. The van der Waals surface area contributed by atoms with Crippen molar-refractivity contribution < 1.29 is 9.53 Å². The third kappa shape index (κ3) is 2.89. The van der Waals surface area contributed by atoms with Crippen LogP contribution in [0.3, 0.4) is 0 Å². The number of esters is 1. The average molecular weight is 210 g/mol. The quantitative estimate of drug-likeness (QED) is 0.708. The van der Waals surface area contributed by atoms with E-state index < -0.39 is 11.1 Å². The lowest BCUT2D eigenvalue weighted by molar-refractivity contribution is -0.159. The van der Waals surface area contributed by atoms with E-state index in [1.165, 1.54) is 0 Å². The van der Waals surface area contributed by atoms with E-state index in [4.69, 9.17) is 10.5 Å². The van der Waals surface area contributed by atoms with E-state index in [2.05, 4.69) is 4.99 Å². The van der Waals surface area contributed by atoms with Crippen LogP contribution in [0.25, 0.3) is 0 Å². The van der Waals surface area contributed by atoms with Gasteiger partial charge in [-0.15, -0.1) is 0 Å². The molecule has 1 atom stereocenters. The summed E-state index contributed by atoms with van der Waals surface area (Å²) in [6.07, 6.45) is 5.59. The summed E-state index contributed by atoms with van der Waals surface area (Å²) in [6, 6.07) is 0. The van der Waals surface area contributed by atoms with Crippen LogP contribution in [0.5, 0.6) is 0 Å². The molecule has 1 aliphatic heterocycles. The van der Waals surface area contributed by atoms with Crippen LogP contribution in [0.4, 0.5) is 0 Å². The van der Waals surface area contributed by atoms with Gasteiger partial charge < -0.3 is 10.5 Å². The number of carbonyl (C=O) groups is 1. The molecule has 0 spiro atoms. The summed E-state index contributed by atoms with van der Waals surface area (Å²) in [6.45, 7) is 5.91. The average Bonchev–Trinajstić information content (AvgIpc) is 2.51. The summed E-state index contributed by atoms with van der Waals surface area (Å²) in [7, 11) is 0. The number of aliphatic imine (C=N–C) groups is 1. The number of ether oxygens (including phenoxy) is 1. The van der Waals surface area contributed by atoms with E-state index in [0.29, 0.717) is 13.0 Å². The molecule has 1 aliphatic rings. The Kier molecular flexibility index (Phi) is 3.29. The van der Waals surface area contributed by atoms with Gasteiger partial charge in [0.15, 0.2) is 5.54 Å². The number of allylic oxidation sites excluding steroid dienone is 1. The van der Waals surface area contributed by atoms with Crippen molar-refractivity contribution in [3.63, 3.8) is 0 Å². The van der Waals surface area contributed by atoms with Crippen molar-refractivity contribution in [2.75, 3.05) is 6.54 Å². The lowest BCUT2D eigenvalue weighted by Crippen LogP contribution is -2.41. The van der Waals surface area contributed by atoms with Crippen LogP contribution in [0.1, 0.15) is 27.2 Å². The molecule has 0 aromatic carbocycles. The largest absolute Gasteiger partial charge is 0.458 e. The van der Waals surface area contributed by atoms with E-state index >= 15 is 0 Å². The number of hydrogen-bond donors (Lipinski definition) is 1. The number of hydrogen-bond acceptors (Lipinski definition) is 4. The summed E-state index contributed by atoms with van der Waals surface area (Å²) < 4.78 is 5.32. The molecule has 0 aromatic rings. The van der Waals surface area contributed by atoms with Crippen LogP contribution in [-0.4, -0.2) is 29.9 Å². The zero-order chi connectivity index (χ0) is 11.5. The molecule has 2 N–H and O–H groups in total. The van der Waals surface area contributed by atoms with Gasteiger partial charge in [0.2, 0.25) is 0 Å². The molecule has 4 heteroatoms. The molecule has 15 heavy (non-hydrogen) atoms. The minimum absolute atomic E-state index is 0.328. The van der Waals surface area contributed by atoms with E-state index in [1.54, 1.807) is 18.4 Å². The Labute approximate surface area is 90.2 Å². The van der Waals surface area contributed by atoms with Crippen molar-refractivity contribution in [2.45, 2.75) is 38.3 Å². The second kappa shape index (κ2) is 4.14. The Balaban J connectivity index is 2.78. The summed E-state index contributed by atoms with van der Waals surface area (Å²) in [5, 5.41) is 0. The second-order valence-electron chi connectivity index (χ2n) is 4.60. The molecule has 0 radical (unpaired) electrons. The van der Waals surface area contributed by atoms with Gasteiger partial charge in [-0.05, 0) is 45.9 Å². The van der Waals surface area contributed by atoms with Crippen LogP contribution in [-0.2, 0) is 9.53 Å². The molecular formula is C11H18N2O2. The molecule has 4 nitrogen and oxygen atoms in total. The SMILES string of the molecule is CC(C)(C)OC(=O)C1(CCN)C=CC=N1. The molecule has 0 aromatic heterocycles. The van der Waals surface area contributed by atoms with Gasteiger partial charge >= 0.3 is 5.97 Å². The molecule has 84 valence electrons. The van der Waals surface area contributed by atoms with Gasteiger partial charge in [0.1, 0.15) is 5.60 Å². The summed E-state index contributed by atoms with van der Waals surface area (Å²) >= 11 is 0. The number of rotatable bonds is 3. The Morgan fingerprint density at radius 3 is 2.60 bits per heavy atom. The van der Waals surface area contributed by atoms with E-state index in [9.17, 15) is 4.79 Å². The molecule has 0 amide bonds. The van der Waals surface area contributed by atoms with Crippen molar-refractivity contribution in [1.29, 1.82) is 0 Å². The summed E-state index contributed by atoms with van der Waals surface area (Å²) in [5.41, 5.74) is 4.10. The van der Waals surface area contributed by atoms with Gasteiger partial charge in [0.05, 0.1) is 0 Å². The predicted molar refractivity (Wildman–Crippen MR) is 59.9 cm³/mol. The van der Waals surface area contributed by atoms with Crippen LogP contribution in [0.15, 0.2) is 17.1 Å². The number of nitrogens with two attached hydrogens (primary N) is 1. The molecular weight excluding hydrogens is 192 g/mol. The fourth-order valence-electron chi connectivity index (χ4n) is 1.38. The molecule has 0 aliphatic carbocycles. The van der Waals surface area contributed by atoms with Crippen LogP contribution in [0.2, 0.25) is 0 Å². The van der Waals surface area contributed by atoms with E-state index in [-0.39, 0.29) is 5.97 Å². The molecule has 0 bridgehead atoms. The fraction of sp³-hybridized carbons (Fsp3) is 0.636. The Morgan fingerprint density at radius 2 is 2.20 bits per heavy atom. The van der Waals surface area contributed by atoms with Crippen LogP contribution < -0.4 is 5.73 Å². The van der Waals surface area contributed by atoms with Gasteiger partial charge in [-0.1, -0.05) is 0 Å². The zero-order valence-electron chi connectivity index (χ0n) is 9.49. The topological polar surface area (TPSA) is 64.7 Å². The van der Waals surface area contributed by atoms with Crippen molar-refractivity contribution >= 4 is 12.2 Å². The number of nitrogens with zero attached hydrogens (tertiary/aromatic N) is 1. The Morgan fingerprint density at radius 1 is 1.53 bits per heavy atom. The molecule has 1 heterocycles. The number of carbonyl (C=O) groups excluding carboxylic acids is 1. The lowest BCUT2D eigenvalue weighted by Gasteiger charge is -2.27. The normalized spacial score (nSPS) is 24.5. The van der Waals surface area contributed by atoms with Gasteiger partial charge in [-0.2, -0.15) is 0 Å². The highest BCUT2D eigenvalue weighted by atomic mass is 16.6. The van der Waals surface area contributed by atoms with Crippen molar-refractivity contribution in [1.82, 2.24) is 0 Å². The Hall–Kier alpha value is -1.16. The Bertz CT molecular complexity index is 288. The molecule has 0 saturated heterocycles. The lowest BCUT2D eigenvalue weighted by atomic mass is 9.96. The first kappa shape index (κ1) is 11.9. The van der Waals surface area contributed by atoms with E-state index in [1.807, 2.05) is 20.8 Å². The molecule has 0 saturated carbocycles. The zero-order valence-corrected chi connectivity index (χ0v) is 9.49. The van der Waals surface area contributed by atoms with Crippen molar-refractivity contribution in [3.8, 4) is 0 Å². The van der Waals surface area contributed by atoms with Crippen LogP contribution >= 0.6 is 0 Å². The highest BCUT2D eigenvalue weighted by molar-refractivity contribution is 5.91. The minimum atomic E-state index is -0.887. The maximum absolute atomic E-state index is 11.9. The van der Waals surface area contributed by atoms with Gasteiger partial charge in [0.25, 0.3) is 0 Å². The highest BCUT2D eigenvalue weighted by Crippen LogP contribution is 2.25. The maximum Gasteiger partial charge on any atom is 0.338 e. The second-order valence-corrected chi connectivity index (χ2v) is 4.60. The monoisotopic (exact) mass is 210 g/mol. The minimum Gasteiger partial charge on any atom is -0.458 e. The van der Waals surface area contributed by atoms with Gasteiger partial charge in [0, 0.05) is 6.21 Å². The third-order valence-electron chi connectivity index (χ3n) is 2.04. The van der Waals surface area contributed by atoms with Gasteiger partial charge in [-0.25, -0.2) is 4.79 Å². The fourth-order valence-corrected chi connectivity index (χ4v) is 1.38. The van der Waals surface area contributed by atoms with Gasteiger partial charge in [-0.3, -0.25) is 4.99 Å². The summed E-state index contributed by atoms with van der Waals surface area (Å²) in [5.74, 6) is -0.328. The first-order valence-electron chi connectivity index (χ1n) is 5.06. The molecule has 1 unspecified atom stereocenters. The van der Waals surface area contributed by atoms with Crippen molar-refractivity contribution in [3.05, 3.63) is 12.2 Å². The highest BCUT2D eigenvalue weighted by Gasteiger charge is 2.39. The first-order valence-corrected chi connectivity index (χ1v) is 5.06. The maximum atomic E-state index is 11.9. The summed E-state index contributed by atoms with van der Waals surface area (Å²) in [4.78, 5) is 16.1. The van der Waals surface area contributed by atoms with Crippen LogP contribution in [0, 0.1) is 0 Å².